The Morgan fingerprint density at radius 3 is 1.64 bits per heavy atom. The summed E-state index contributed by atoms with van der Waals surface area (Å²) in [6, 6.07) is 5.24. The van der Waals surface area contributed by atoms with E-state index in [4.69, 9.17) is 19.3 Å². The summed E-state index contributed by atoms with van der Waals surface area (Å²) in [5.74, 6) is 0.945. The molecule has 2 amide bonds. The summed E-state index contributed by atoms with van der Waals surface area (Å²) in [7, 11) is 0. The number of aliphatic hydroxyl groups is 1. The molecule has 0 aliphatic heterocycles. The van der Waals surface area contributed by atoms with E-state index in [1.54, 1.807) is 23.0 Å². The van der Waals surface area contributed by atoms with Gasteiger partial charge in [0.2, 0.25) is 11.8 Å². The van der Waals surface area contributed by atoms with Crippen molar-refractivity contribution in [2.45, 2.75) is 175 Å². The number of aryl methyl sites for hydroxylation is 1. The number of carbonyl (C=O) groups excluding carboxylic acids is 3. The van der Waals surface area contributed by atoms with Crippen LogP contribution < -0.4 is 20.1 Å². The number of ether oxygens (including phenoxy) is 3. The first kappa shape index (κ1) is 47.5. The Labute approximate surface area is 331 Å². The fourth-order valence-electron chi connectivity index (χ4n) is 6.13. The predicted octanol–water partition coefficient (Wildman–Crippen LogP) is 8.63. The van der Waals surface area contributed by atoms with Crippen LogP contribution in [0.3, 0.4) is 0 Å². The molecule has 0 unspecified atom stereocenters. The Kier molecular flexibility index (Phi) is 28.1. The average molecular weight is 772 g/mol. The van der Waals surface area contributed by atoms with Crippen LogP contribution in [0.15, 0.2) is 24.4 Å². The van der Waals surface area contributed by atoms with Crippen molar-refractivity contribution in [1.29, 1.82) is 0 Å². The van der Waals surface area contributed by atoms with Crippen LogP contribution >= 0.6 is 0 Å². The summed E-state index contributed by atoms with van der Waals surface area (Å²) in [6.07, 6.45) is 24.3. The van der Waals surface area contributed by atoms with Gasteiger partial charge in [-0.2, -0.15) is 0 Å². The molecule has 0 saturated heterocycles. The van der Waals surface area contributed by atoms with Crippen LogP contribution in [0.1, 0.15) is 178 Å². The van der Waals surface area contributed by atoms with Crippen molar-refractivity contribution >= 4 is 17.8 Å². The van der Waals surface area contributed by atoms with Gasteiger partial charge in [0.05, 0.1) is 38.2 Å². The molecule has 2 aromatic rings. The number of amides is 2. The summed E-state index contributed by atoms with van der Waals surface area (Å²) in [6.45, 7) is 7.89. The lowest BCUT2D eigenvalue weighted by Gasteiger charge is -2.13. The number of hydrogen-bond acceptors (Lipinski definition) is 9. The van der Waals surface area contributed by atoms with E-state index in [2.05, 4.69) is 34.8 Å². The first-order valence-electron chi connectivity index (χ1n) is 21.6. The number of esters is 1. The molecule has 312 valence electrons. The van der Waals surface area contributed by atoms with Crippen LogP contribution in [0.2, 0.25) is 0 Å². The highest BCUT2D eigenvalue weighted by molar-refractivity contribution is 5.90. The SMILES string of the molecule is CCCCCCNC(=O)CCCCCOc1cc(OCCCCCC(=O)NCCCCCC)cc(C(=O)OCCCCCCCCCn2cc(CO)nn2)c1. The van der Waals surface area contributed by atoms with Crippen LogP contribution in [0.5, 0.6) is 11.5 Å². The summed E-state index contributed by atoms with van der Waals surface area (Å²) >= 11 is 0. The standard InChI is InChI=1S/C43H73N5O7/c1-3-5-7-18-26-44-41(50)24-16-14-22-29-53-39-32-37(33-40(34-39)54-30-23-15-17-25-42(51)45-27-19-8-6-4-2)43(52)55-31-21-13-11-9-10-12-20-28-48-35-38(36-49)46-47-48/h32-35,49H,3-31,36H2,1-2H3,(H,44,50)(H,45,51). The van der Waals surface area contributed by atoms with Crippen LogP contribution in [0, 0.1) is 0 Å². The molecule has 1 aromatic heterocycles. The minimum absolute atomic E-state index is 0.0847. The Balaban J connectivity index is 1.72. The van der Waals surface area contributed by atoms with Gasteiger partial charge in [0.15, 0.2) is 0 Å². The van der Waals surface area contributed by atoms with E-state index in [1.165, 1.54) is 25.7 Å². The maximum atomic E-state index is 13.1. The molecule has 0 fully saturated rings. The molecule has 0 atom stereocenters. The van der Waals surface area contributed by atoms with Gasteiger partial charge in [0.1, 0.15) is 17.2 Å². The van der Waals surface area contributed by atoms with Crippen molar-refractivity contribution in [3.05, 3.63) is 35.7 Å². The molecule has 55 heavy (non-hydrogen) atoms. The fraction of sp³-hybridized carbons (Fsp3) is 0.744. The van der Waals surface area contributed by atoms with Crippen LogP contribution in [-0.2, 0) is 27.5 Å². The number of aromatic nitrogens is 3. The smallest absolute Gasteiger partial charge is 0.338 e. The maximum absolute atomic E-state index is 13.1. The number of aliphatic hydroxyl groups excluding tert-OH is 1. The summed E-state index contributed by atoms with van der Waals surface area (Å²) < 4.78 is 19.5. The third-order valence-electron chi connectivity index (χ3n) is 9.47. The summed E-state index contributed by atoms with van der Waals surface area (Å²) in [4.78, 5) is 37.3. The Hall–Kier alpha value is -3.67. The molecule has 12 heteroatoms. The lowest BCUT2D eigenvalue weighted by Crippen LogP contribution is -2.23. The van der Waals surface area contributed by atoms with Crippen LogP contribution in [-0.4, -0.2) is 70.8 Å². The van der Waals surface area contributed by atoms with Gasteiger partial charge >= 0.3 is 5.97 Å². The molecule has 2 rings (SSSR count). The van der Waals surface area contributed by atoms with Crippen molar-refractivity contribution in [3.63, 3.8) is 0 Å². The fourth-order valence-corrected chi connectivity index (χ4v) is 6.13. The topological polar surface area (TPSA) is 154 Å². The van der Waals surface area contributed by atoms with E-state index in [0.29, 0.717) is 55.4 Å². The Bertz CT molecular complexity index is 1230. The van der Waals surface area contributed by atoms with E-state index < -0.39 is 5.97 Å². The van der Waals surface area contributed by atoms with E-state index >= 15 is 0 Å². The second kappa shape index (κ2) is 32.6. The number of unbranched alkanes of at least 4 members (excludes halogenated alkanes) is 16. The highest BCUT2D eigenvalue weighted by atomic mass is 16.5. The number of nitrogens with one attached hydrogen (secondary N) is 2. The van der Waals surface area contributed by atoms with Crippen molar-refractivity contribution in [2.75, 3.05) is 32.9 Å². The number of hydrogen-bond donors (Lipinski definition) is 3. The average Bonchev–Trinajstić information content (AvgIpc) is 3.66. The van der Waals surface area contributed by atoms with Crippen LogP contribution in [0.25, 0.3) is 0 Å². The molecule has 3 N–H and O–H groups in total. The van der Waals surface area contributed by atoms with Gasteiger partial charge in [-0.15, -0.1) is 5.10 Å². The number of carbonyl (C=O) groups is 3. The molecular formula is C43H73N5O7. The first-order valence-corrected chi connectivity index (χ1v) is 21.6. The van der Waals surface area contributed by atoms with E-state index in [1.807, 2.05) is 6.07 Å². The van der Waals surface area contributed by atoms with Crippen LogP contribution in [0.4, 0.5) is 0 Å². The zero-order chi connectivity index (χ0) is 39.6. The Morgan fingerprint density at radius 1 is 0.618 bits per heavy atom. The van der Waals surface area contributed by atoms with Crippen molar-refractivity contribution in [3.8, 4) is 11.5 Å². The van der Waals surface area contributed by atoms with Crippen molar-refractivity contribution < 1.29 is 33.7 Å². The zero-order valence-corrected chi connectivity index (χ0v) is 34.3. The summed E-state index contributed by atoms with van der Waals surface area (Å²) in [5.41, 5.74) is 0.995. The molecule has 0 spiro atoms. The molecule has 1 heterocycles. The van der Waals surface area contributed by atoms with Gasteiger partial charge in [0.25, 0.3) is 0 Å². The molecule has 0 radical (unpaired) electrons. The minimum Gasteiger partial charge on any atom is -0.493 e. The molecule has 12 nitrogen and oxygen atoms in total. The second-order valence-electron chi connectivity index (χ2n) is 14.6. The number of nitrogens with zero attached hydrogens (tertiary/aromatic N) is 3. The maximum Gasteiger partial charge on any atom is 0.338 e. The second-order valence-corrected chi connectivity index (χ2v) is 14.6. The highest BCUT2D eigenvalue weighted by Gasteiger charge is 2.13. The van der Waals surface area contributed by atoms with Crippen molar-refractivity contribution in [1.82, 2.24) is 25.6 Å². The van der Waals surface area contributed by atoms with Gasteiger partial charge in [-0.05, 0) is 76.3 Å². The molecular weight excluding hydrogens is 699 g/mol. The third kappa shape index (κ3) is 25.2. The molecule has 0 saturated carbocycles. The quantitative estimate of drug-likeness (QED) is 0.0456. The van der Waals surface area contributed by atoms with Gasteiger partial charge in [-0.25, -0.2) is 4.79 Å². The zero-order valence-electron chi connectivity index (χ0n) is 34.3. The predicted molar refractivity (Wildman–Crippen MR) is 217 cm³/mol. The highest BCUT2D eigenvalue weighted by Crippen LogP contribution is 2.25. The Morgan fingerprint density at radius 2 is 1.11 bits per heavy atom. The monoisotopic (exact) mass is 772 g/mol. The normalized spacial score (nSPS) is 11.0. The van der Waals surface area contributed by atoms with E-state index in [-0.39, 0.29) is 18.4 Å². The number of benzene rings is 1. The molecule has 0 aliphatic carbocycles. The molecule has 1 aromatic carbocycles. The van der Waals surface area contributed by atoms with Gasteiger partial charge in [-0.3, -0.25) is 14.3 Å². The molecule has 0 aliphatic rings. The van der Waals surface area contributed by atoms with Gasteiger partial charge in [-0.1, -0.05) is 89.7 Å². The van der Waals surface area contributed by atoms with E-state index in [0.717, 1.165) is 129 Å². The van der Waals surface area contributed by atoms with Gasteiger partial charge < -0.3 is 30.0 Å². The molecule has 0 bridgehead atoms. The third-order valence-corrected chi connectivity index (χ3v) is 9.47. The first-order chi connectivity index (χ1) is 26.9. The minimum atomic E-state index is -0.394. The summed E-state index contributed by atoms with van der Waals surface area (Å²) in [5, 5.41) is 23.0. The largest absolute Gasteiger partial charge is 0.493 e. The van der Waals surface area contributed by atoms with E-state index in [9.17, 15) is 14.4 Å². The number of rotatable bonds is 36. The van der Waals surface area contributed by atoms with Crippen molar-refractivity contribution in [2.24, 2.45) is 0 Å². The lowest BCUT2D eigenvalue weighted by atomic mass is 10.1. The lowest BCUT2D eigenvalue weighted by molar-refractivity contribution is -0.122. The van der Waals surface area contributed by atoms with Gasteiger partial charge in [0, 0.05) is 38.5 Å².